The molecule has 0 saturated heterocycles. The van der Waals surface area contributed by atoms with Crippen LogP contribution in [0.2, 0.25) is 0 Å². The SMILES string of the molecule is CN=C(NCCCN(C)c1ccccc1)N(C)Cc1csc(C(C)OC)n1. The molecule has 1 aromatic carbocycles. The zero-order valence-electron chi connectivity index (χ0n) is 17.0. The summed E-state index contributed by atoms with van der Waals surface area (Å²) in [6.45, 7) is 4.59. The third kappa shape index (κ3) is 6.52. The van der Waals surface area contributed by atoms with Gasteiger partial charge >= 0.3 is 0 Å². The van der Waals surface area contributed by atoms with Gasteiger partial charge in [0.05, 0.1) is 12.2 Å². The number of hydrogen-bond acceptors (Lipinski definition) is 5. The molecule has 0 aliphatic heterocycles. The van der Waals surface area contributed by atoms with E-state index in [4.69, 9.17) is 4.74 Å². The van der Waals surface area contributed by atoms with Gasteiger partial charge in [0.25, 0.3) is 0 Å². The van der Waals surface area contributed by atoms with Crippen molar-refractivity contribution in [3.8, 4) is 0 Å². The Bertz CT molecular complexity index is 703. The van der Waals surface area contributed by atoms with Gasteiger partial charge in [-0.2, -0.15) is 0 Å². The van der Waals surface area contributed by atoms with Crippen molar-refractivity contribution in [3.05, 3.63) is 46.4 Å². The normalized spacial score (nSPS) is 12.7. The van der Waals surface area contributed by atoms with Crippen molar-refractivity contribution in [2.45, 2.75) is 26.0 Å². The zero-order chi connectivity index (χ0) is 19.6. The average Bonchev–Trinajstić information content (AvgIpc) is 3.16. The zero-order valence-corrected chi connectivity index (χ0v) is 17.8. The number of hydrogen-bond donors (Lipinski definition) is 1. The predicted molar refractivity (Wildman–Crippen MR) is 115 cm³/mol. The molecule has 0 aliphatic rings. The molecule has 148 valence electrons. The van der Waals surface area contributed by atoms with Crippen LogP contribution in [0.4, 0.5) is 5.69 Å². The Kier molecular flexibility index (Phi) is 8.54. The number of para-hydroxylation sites is 1. The third-order valence-electron chi connectivity index (χ3n) is 4.39. The quantitative estimate of drug-likeness (QED) is 0.405. The highest BCUT2D eigenvalue weighted by Gasteiger charge is 2.12. The van der Waals surface area contributed by atoms with Crippen LogP contribution >= 0.6 is 11.3 Å². The molecule has 0 fully saturated rings. The number of anilines is 1. The summed E-state index contributed by atoms with van der Waals surface area (Å²) in [6, 6.07) is 10.4. The average molecular weight is 390 g/mol. The number of nitrogens with one attached hydrogen (secondary N) is 1. The Balaban J connectivity index is 1.76. The van der Waals surface area contributed by atoms with Crippen LogP contribution < -0.4 is 10.2 Å². The van der Waals surface area contributed by atoms with Crippen LogP contribution in [0, 0.1) is 0 Å². The number of ether oxygens (including phenoxy) is 1. The summed E-state index contributed by atoms with van der Waals surface area (Å²) < 4.78 is 5.33. The van der Waals surface area contributed by atoms with Crippen LogP contribution in [0.3, 0.4) is 0 Å². The molecular weight excluding hydrogens is 358 g/mol. The maximum Gasteiger partial charge on any atom is 0.193 e. The van der Waals surface area contributed by atoms with E-state index in [1.165, 1.54) is 5.69 Å². The van der Waals surface area contributed by atoms with Gasteiger partial charge in [0.15, 0.2) is 5.96 Å². The molecule has 0 aliphatic carbocycles. The van der Waals surface area contributed by atoms with Crippen molar-refractivity contribution in [1.29, 1.82) is 0 Å². The highest BCUT2D eigenvalue weighted by molar-refractivity contribution is 7.09. The summed E-state index contributed by atoms with van der Waals surface area (Å²) in [6.07, 6.45) is 1.07. The molecule has 1 aromatic heterocycles. The number of methoxy groups -OCH3 is 1. The Morgan fingerprint density at radius 1 is 1.30 bits per heavy atom. The molecule has 2 rings (SSSR count). The van der Waals surface area contributed by atoms with E-state index in [0.717, 1.165) is 42.7 Å². The predicted octanol–water partition coefficient (Wildman–Crippen LogP) is 3.38. The molecule has 0 amide bonds. The monoisotopic (exact) mass is 389 g/mol. The number of thiazole rings is 1. The van der Waals surface area contributed by atoms with E-state index in [2.05, 4.69) is 61.8 Å². The lowest BCUT2D eigenvalue weighted by molar-refractivity contribution is 0.119. The standard InChI is InChI=1S/C20H31N5OS/c1-16(26-5)19-23-17(15-27-19)14-25(4)20(21-2)22-12-9-13-24(3)18-10-7-6-8-11-18/h6-8,10-11,15-16H,9,12-14H2,1-5H3,(H,21,22). The van der Waals surface area contributed by atoms with Crippen LogP contribution in [-0.2, 0) is 11.3 Å². The Hall–Kier alpha value is -2.12. The number of rotatable bonds is 9. The molecule has 1 unspecified atom stereocenters. The first-order chi connectivity index (χ1) is 13.0. The fraction of sp³-hybridized carbons (Fsp3) is 0.500. The second-order valence-corrected chi connectivity index (χ2v) is 7.39. The minimum atomic E-state index is 0.0353. The van der Waals surface area contributed by atoms with E-state index in [1.54, 1.807) is 18.4 Å². The maximum atomic E-state index is 5.33. The van der Waals surface area contributed by atoms with E-state index in [9.17, 15) is 0 Å². The molecule has 2 aromatic rings. The summed E-state index contributed by atoms with van der Waals surface area (Å²) in [7, 11) is 7.68. The first kappa shape index (κ1) is 21.2. The van der Waals surface area contributed by atoms with Crippen LogP contribution in [0.1, 0.15) is 30.2 Å². The third-order valence-corrected chi connectivity index (χ3v) is 5.45. The lowest BCUT2D eigenvalue weighted by atomic mass is 10.3. The molecule has 1 atom stereocenters. The number of aromatic nitrogens is 1. The number of guanidine groups is 1. The van der Waals surface area contributed by atoms with Crippen molar-refractivity contribution in [3.63, 3.8) is 0 Å². The highest BCUT2D eigenvalue weighted by Crippen LogP contribution is 2.20. The largest absolute Gasteiger partial charge is 0.375 e. The molecule has 1 heterocycles. The Morgan fingerprint density at radius 2 is 2.04 bits per heavy atom. The number of aliphatic imine (C=N–C) groups is 1. The number of nitrogens with zero attached hydrogens (tertiary/aromatic N) is 4. The minimum Gasteiger partial charge on any atom is -0.375 e. The smallest absolute Gasteiger partial charge is 0.193 e. The van der Waals surface area contributed by atoms with Crippen LogP contribution in [-0.4, -0.2) is 57.2 Å². The van der Waals surface area contributed by atoms with E-state index >= 15 is 0 Å². The lowest BCUT2D eigenvalue weighted by Gasteiger charge is -2.23. The van der Waals surface area contributed by atoms with Gasteiger partial charge in [-0.3, -0.25) is 4.99 Å². The van der Waals surface area contributed by atoms with Crippen LogP contribution in [0.25, 0.3) is 0 Å². The summed E-state index contributed by atoms with van der Waals surface area (Å²) in [5.74, 6) is 0.881. The van der Waals surface area contributed by atoms with Gasteiger partial charge in [-0.15, -0.1) is 11.3 Å². The molecule has 0 saturated carbocycles. The minimum absolute atomic E-state index is 0.0353. The van der Waals surface area contributed by atoms with Crippen LogP contribution in [0.15, 0.2) is 40.7 Å². The van der Waals surface area contributed by atoms with Gasteiger partial charge in [0, 0.05) is 52.4 Å². The fourth-order valence-electron chi connectivity index (χ4n) is 2.71. The molecule has 27 heavy (non-hydrogen) atoms. The molecule has 0 spiro atoms. The van der Waals surface area contributed by atoms with Crippen molar-refractivity contribution >= 4 is 23.0 Å². The molecule has 0 bridgehead atoms. The molecule has 1 N–H and O–H groups in total. The fourth-order valence-corrected chi connectivity index (χ4v) is 3.56. The summed E-state index contributed by atoms with van der Waals surface area (Å²) in [4.78, 5) is 13.4. The maximum absolute atomic E-state index is 5.33. The van der Waals surface area contributed by atoms with Crippen molar-refractivity contribution in [2.75, 3.05) is 46.2 Å². The Morgan fingerprint density at radius 3 is 2.70 bits per heavy atom. The van der Waals surface area contributed by atoms with Gasteiger partial charge in [-0.25, -0.2) is 4.98 Å². The van der Waals surface area contributed by atoms with Gasteiger partial charge in [-0.1, -0.05) is 18.2 Å². The van der Waals surface area contributed by atoms with Crippen molar-refractivity contribution in [1.82, 2.24) is 15.2 Å². The Labute approximate surface area is 166 Å². The summed E-state index contributed by atoms with van der Waals surface area (Å²) >= 11 is 1.64. The van der Waals surface area contributed by atoms with E-state index < -0.39 is 0 Å². The molecule has 6 nitrogen and oxygen atoms in total. The van der Waals surface area contributed by atoms with Crippen LogP contribution in [0.5, 0.6) is 0 Å². The summed E-state index contributed by atoms with van der Waals surface area (Å²) in [5.41, 5.74) is 2.27. The lowest BCUT2D eigenvalue weighted by Crippen LogP contribution is -2.39. The van der Waals surface area contributed by atoms with E-state index in [1.807, 2.05) is 27.1 Å². The van der Waals surface area contributed by atoms with Gasteiger partial charge in [0.1, 0.15) is 11.1 Å². The van der Waals surface area contributed by atoms with Crippen molar-refractivity contribution < 1.29 is 4.74 Å². The second-order valence-electron chi connectivity index (χ2n) is 6.50. The number of benzene rings is 1. The van der Waals surface area contributed by atoms with Gasteiger partial charge < -0.3 is 19.9 Å². The second kappa shape index (κ2) is 10.9. The summed E-state index contributed by atoms with van der Waals surface area (Å²) in [5, 5.41) is 6.53. The molecule has 7 heteroatoms. The first-order valence-electron chi connectivity index (χ1n) is 9.20. The molecular formula is C20H31N5OS. The molecule has 0 radical (unpaired) electrons. The van der Waals surface area contributed by atoms with Crippen molar-refractivity contribution in [2.24, 2.45) is 4.99 Å². The van der Waals surface area contributed by atoms with E-state index in [0.29, 0.717) is 0 Å². The first-order valence-corrected chi connectivity index (χ1v) is 10.1. The topological polar surface area (TPSA) is 53.0 Å². The van der Waals surface area contributed by atoms with Gasteiger partial charge in [0.2, 0.25) is 0 Å². The van der Waals surface area contributed by atoms with Gasteiger partial charge in [-0.05, 0) is 25.5 Å². The van der Waals surface area contributed by atoms with E-state index in [-0.39, 0.29) is 6.10 Å². The highest BCUT2D eigenvalue weighted by atomic mass is 32.1.